The predicted octanol–water partition coefficient (Wildman–Crippen LogP) is 9.95. The Morgan fingerprint density at radius 2 is 1.47 bits per heavy atom. The van der Waals surface area contributed by atoms with Gasteiger partial charge in [-0.15, -0.1) is 11.3 Å². The van der Waals surface area contributed by atoms with E-state index >= 15 is 0 Å². The van der Waals surface area contributed by atoms with Crippen molar-refractivity contribution in [2.45, 2.75) is 163 Å². The smallest absolute Gasteiger partial charge is 0.246 e. The molecule has 0 saturated carbocycles. The molecule has 6 amide bonds. The number of nitrogens with one attached hydrogen (secondary N) is 3. The first kappa shape index (κ1) is 61.8. The van der Waals surface area contributed by atoms with Crippen molar-refractivity contribution < 1.29 is 39.0 Å². The molecule has 1 unspecified atom stereocenters. The van der Waals surface area contributed by atoms with E-state index in [2.05, 4.69) is 20.9 Å². The zero-order chi connectivity index (χ0) is 56.7. The lowest BCUT2D eigenvalue weighted by Crippen LogP contribution is -2.57. The summed E-state index contributed by atoms with van der Waals surface area (Å²) in [4.78, 5) is 91.5. The van der Waals surface area contributed by atoms with E-state index in [4.69, 9.17) is 23.2 Å². The number of amides is 6. The number of aromatic nitrogens is 1. The standard InChI is InChI=1S/C60H81Cl2N7O8S/c1-39-54(78-38-65-39)41-22-20-40(21-23-41)35-64-57(76)49-34-44(70)36-68(49)58(77)55(60(5,6)7)66-50(71)19-13-11-9-8-10-12-16-30-63-56(75)42-28-31-67(32-29-42)51(72)26-27-52(73)69(37-59(2,3)4)48-25-24-43(61)33-46(48)53(74)45-17-14-15-18-47(45)62/h14-15,17-18,20-25,33,38,42,44,49,53,55,70,74H,8-13,16,19,26-32,34-37H2,1-7H3,(H,63,75)(H,64,76)(H,66,71)/t44-,49+,53?,55-/m1/s1. The Kier molecular flexibility index (Phi) is 22.7. The molecule has 2 aliphatic rings. The molecule has 4 atom stereocenters. The van der Waals surface area contributed by atoms with Crippen molar-refractivity contribution in [3.05, 3.63) is 105 Å². The van der Waals surface area contributed by atoms with E-state index in [-0.39, 0.29) is 85.5 Å². The van der Waals surface area contributed by atoms with Crippen LogP contribution in [0.2, 0.25) is 10.0 Å². The number of hydrogen-bond acceptors (Lipinski definition) is 10. The second-order valence-electron chi connectivity index (χ2n) is 23.3. The Bertz CT molecular complexity index is 2680. The summed E-state index contributed by atoms with van der Waals surface area (Å²) < 4.78 is 0. The number of anilines is 1. The van der Waals surface area contributed by atoms with Crippen molar-refractivity contribution in [1.82, 2.24) is 30.7 Å². The van der Waals surface area contributed by atoms with Crippen LogP contribution in [-0.4, -0.2) is 111 Å². The summed E-state index contributed by atoms with van der Waals surface area (Å²) in [6.45, 7) is 15.7. The van der Waals surface area contributed by atoms with Crippen LogP contribution in [0.4, 0.5) is 5.69 Å². The van der Waals surface area contributed by atoms with Crippen LogP contribution in [0.15, 0.2) is 72.2 Å². The number of nitrogens with zero attached hydrogens (tertiary/aromatic N) is 4. The third kappa shape index (κ3) is 17.8. The third-order valence-electron chi connectivity index (χ3n) is 14.6. The van der Waals surface area contributed by atoms with Crippen molar-refractivity contribution in [1.29, 1.82) is 0 Å². The number of thiazole rings is 1. The van der Waals surface area contributed by atoms with Gasteiger partial charge in [0.15, 0.2) is 0 Å². The van der Waals surface area contributed by atoms with Gasteiger partial charge in [0.1, 0.15) is 18.2 Å². The minimum Gasteiger partial charge on any atom is -0.391 e. The molecule has 15 nitrogen and oxygen atoms in total. The average molecular weight is 1130 g/mol. The quantitative estimate of drug-likeness (QED) is 0.0424. The number of aliphatic hydroxyl groups is 2. The lowest BCUT2D eigenvalue weighted by Gasteiger charge is -2.35. The third-order valence-corrected chi connectivity index (χ3v) is 16.1. The minimum absolute atomic E-state index is 0.00101. The second kappa shape index (κ2) is 28.7. The number of aliphatic hydroxyl groups excluding tert-OH is 2. The van der Waals surface area contributed by atoms with Gasteiger partial charge in [-0.25, -0.2) is 4.98 Å². The van der Waals surface area contributed by atoms with Crippen LogP contribution in [0, 0.1) is 23.7 Å². The first-order chi connectivity index (χ1) is 37.0. The van der Waals surface area contributed by atoms with E-state index in [0.29, 0.717) is 72.3 Å². The predicted molar refractivity (Wildman–Crippen MR) is 309 cm³/mol. The van der Waals surface area contributed by atoms with E-state index in [1.54, 1.807) is 63.6 Å². The molecule has 424 valence electrons. The number of halogens is 2. The number of β-amino-alcohol motifs (C(OH)–C–C–N with tert-alkyl or cyclic N) is 1. The van der Waals surface area contributed by atoms with Crippen LogP contribution in [0.5, 0.6) is 0 Å². The molecule has 5 N–H and O–H groups in total. The molecule has 1 aromatic heterocycles. The van der Waals surface area contributed by atoms with E-state index in [1.165, 1.54) is 4.90 Å². The zero-order valence-electron chi connectivity index (χ0n) is 46.5. The number of likely N-dealkylation sites (tertiary alicyclic amines) is 2. The lowest BCUT2D eigenvalue weighted by molar-refractivity contribution is -0.144. The topological polar surface area (TPSA) is 202 Å². The highest BCUT2D eigenvalue weighted by Crippen LogP contribution is 2.38. The largest absolute Gasteiger partial charge is 0.391 e. The number of benzene rings is 3. The van der Waals surface area contributed by atoms with Gasteiger partial charge < -0.3 is 40.9 Å². The second-order valence-corrected chi connectivity index (χ2v) is 25.0. The van der Waals surface area contributed by atoms with Crippen LogP contribution >= 0.6 is 34.5 Å². The molecule has 3 heterocycles. The summed E-state index contributed by atoms with van der Waals surface area (Å²) in [5.41, 5.74) is 5.22. The van der Waals surface area contributed by atoms with Gasteiger partial charge in [0, 0.05) is 97.7 Å². The zero-order valence-corrected chi connectivity index (χ0v) is 48.9. The first-order valence-electron chi connectivity index (χ1n) is 27.6. The van der Waals surface area contributed by atoms with E-state index < -0.39 is 29.7 Å². The summed E-state index contributed by atoms with van der Waals surface area (Å²) in [6.07, 6.45) is 5.79. The van der Waals surface area contributed by atoms with Crippen molar-refractivity contribution in [2.75, 3.05) is 37.6 Å². The maximum absolute atomic E-state index is 14.0. The Hall–Kier alpha value is -5.39. The van der Waals surface area contributed by atoms with Gasteiger partial charge in [-0.2, -0.15) is 0 Å². The number of piperidine rings is 1. The first-order valence-corrected chi connectivity index (χ1v) is 29.3. The molecule has 2 saturated heterocycles. The van der Waals surface area contributed by atoms with Crippen molar-refractivity contribution in [2.24, 2.45) is 16.7 Å². The van der Waals surface area contributed by atoms with Crippen LogP contribution in [0.3, 0.4) is 0 Å². The number of hydrogen-bond donors (Lipinski definition) is 5. The van der Waals surface area contributed by atoms with Gasteiger partial charge in [0.25, 0.3) is 0 Å². The fraction of sp³-hybridized carbons (Fsp3) is 0.550. The molecule has 2 aliphatic heterocycles. The van der Waals surface area contributed by atoms with Crippen molar-refractivity contribution in [3.8, 4) is 10.4 Å². The van der Waals surface area contributed by atoms with E-state index in [1.807, 2.05) is 78.2 Å². The molecule has 4 aromatic rings. The lowest BCUT2D eigenvalue weighted by atomic mass is 9.85. The van der Waals surface area contributed by atoms with Crippen LogP contribution in [0.25, 0.3) is 10.4 Å². The Balaban J connectivity index is 0.841. The summed E-state index contributed by atoms with van der Waals surface area (Å²) in [5.74, 6) is -1.52. The summed E-state index contributed by atoms with van der Waals surface area (Å²) >= 11 is 14.4. The number of rotatable bonds is 24. The number of unbranched alkanes of at least 4 members (excludes halogenated alkanes) is 6. The Morgan fingerprint density at radius 1 is 0.808 bits per heavy atom. The molecular weight excluding hydrogens is 1050 g/mol. The summed E-state index contributed by atoms with van der Waals surface area (Å²) in [7, 11) is 0. The molecular formula is C60H81Cl2N7O8S. The van der Waals surface area contributed by atoms with Crippen LogP contribution in [-0.2, 0) is 35.3 Å². The van der Waals surface area contributed by atoms with Gasteiger partial charge in [-0.1, -0.05) is 139 Å². The number of carbonyl (C=O) groups excluding carboxylic acids is 6. The minimum atomic E-state index is -1.14. The van der Waals surface area contributed by atoms with Gasteiger partial charge >= 0.3 is 0 Å². The fourth-order valence-electron chi connectivity index (χ4n) is 10.2. The van der Waals surface area contributed by atoms with Gasteiger partial charge in [-0.05, 0) is 78.8 Å². The van der Waals surface area contributed by atoms with Gasteiger partial charge in [0.05, 0.1) is 22.2 Å². The molecule has 3 aromatic carbocycles. The van der Waals surface area contributed by atoms with Gasteiger partial charge in [-0.3, -0.25) is 28.8 Å². The maximum atomic E-state index is 14.0. The van der Waals surface area contributed by atoms with Crippen molar-refractivity contribution >= 4 is 75.7 Å². The van der Waals surface area contributed by atoms with Crippen LogP contribution < -0.4 is 20.9 Å². The molecule has 0 aliphatic carbocycles. The summed E-state index contributed by atoms with van der Waals surface area (Å²) in [5, 5.41) is 31.9. The highest BCUT2D eigenvalue weighted by atomic mass is 35.5. The fourth-order valence-corrected chi connectivity index (χ4v) is 11.4. The normalized spacial score (nSPS) is 16.9. The molecule has 0 radical (unpaired) electrons. The molecule has 18 heteroatoms. The summed E-state index contributed by atoms with van der Waals surface area (Å²) in [6, 6.07) is 18.2. The van der Waals surface area contributed by atoms with Crippen molar-refractivity contribution in [3.63, 3.8) is 0 Å². The Labute approximate surface area is 475 Å². The maximum Gasteiger partial charge on any atom is 0.246 e. The molecule has 0 bridgehead atoms. The molecule has 2 fully saturated rings. The highest BCUT2D eigenvalue weighted by molar-refractivity contribution is 7.13. The van der Waals surface area contributed by atoms with Crippen LogP contribution in [0.1, 0.15) is 154 Å². The highest BCUT2D eigenvalue weighted by Gasteiger charge is 2.44. The van der Waals surface area contributed by atoms with E-state index in [9.17, 15) is 39.0 Å². The SMILES string of the molecule is Cc1ncsc1-c1ccc(CNC(=O)[C@@H]2C[C@@H](O)CN2C(=O)[C@@H](NC(=O)CCCCCCCCCNC(=O)C2CCN(C(=O)CCC(=O)N(CC(C)(C)C)c3ccc(Cl)cc3C(O)c3ccccc3Cl)CC2)C(C)(C)C)cc1. The Morgan fingerprint density at radius 3 is 2.12 bits per heavy atom. The monoisotopic (exact) mass is 1130 g/mol. The number of aryl methyl sites for hydroxylation is 1. The number of carbonyl (C=O) groups is 6. The molecule has 78 heavy (non-hydrogen) atoms. The van der Waals surface area contributed by atoms with E-state index in [0.717, 1.165) is 60.2 Å². The molecule has 6 rings (SSSR count). The van der Waals surface area contributed by atoms with Gasteiger partial charge in [0.2, 0.25) is 35.4 Å². The average Bonchev–Trinajstić information content (AvgIpc) is 4.06. The molecule has 0 spiro atoms.